The maximum Gasteiger partial charge on any atom is 0.251 e. The fraction of sp³-hybridized carbons (Fsp3) is 0.286. The lowest BCUT2D eigenvalue weighted by Crippen LogP contribution is -2.26. The number of hydrogen-bond donors (Lipinski definition) is 1. The summed E-state index contributed by atoms with van der Waals surface area (Å²) in [6.45, 7) is 5.27. The molecule has 2 rings (SSSR count). The first kappa shape index (κ1) is 18.0. The normalized spacial score (nSPS) is 11.5. The maximum atomic E-state index is 12.6. The molecule has 3 heteroatoms. The van der Waals surface area contributed by atoms with Crippen LogP contribution in [-0.4, -0.2) is 25.2 Å². The van der Waals surface area contributed by atoms with E-state index in [9.17, 15) is 4.79 Å². The number of benzene rings is 2. The van der Waals surface area contributed by atoms with E-state index in [0.29, 0.717) is 18.7 Å². The molecule has 1 N–H and O–H groups in total. The van der Waals surface area contributed by atoms with Crippen molar-refractivity contribution in [3.8, 4) is 0 Å². The van der Waals surface area contributed by atoms with Crippen LogP contribution in [0, 0.1) is 0 Å². The van der Waals surface area contributed by atoms with Gasteiger partial charge in [0.2, 0.25) is 0 Å². The minimum Gasteiger partial charge on any atom is -0.379 e. The van der Waals surface area contributed by atoms with Crippen LogP contribution in [0.4, 0.5) is 0 Å². The van der Waals surface area contributed by atoms with Gasteiger partial charge in [-0.2, -0.15) is 0 Å². The molecule has 0 aliphatic carbocycles. The zero-order valence-corrected chi connectivity index (χ0v) is 14.4. The minimum atomic E-state index is -0.0606. The van der Waals surface area contributed by atoms with Crippen LogP contribution in [-0.2, 0) is 9.53 Å². The van der Waals surface area contributed by atoms with Gasteiger partial charge in [-0.15, -0.1) is 0 Å². The monoisotopic (exact) mass is 323 g/mol. The van der Waals surface area contributed by atoms with Crippen molar-refractivity contribution >= 4 is 17.6 Å². The van der Waals surface area contributed by atoms with Crippen LogP contribution in [0.25, 0.3) is 11.6 Å². The first-order valence-corrected chi connectivity index (χ1v) is 8.39. The first-order valence-electron chi connectivity index (χ1n) is 8.39. The van der Waals surface area contributed by atoms with Crippen molar-refractivity contribution in [2.24, 2.45) is 0 Å². The number of ether oxygens (including phenoxy) is 1. The Kier molecular flexibility index (Phi) is 7.24. The Labute approximate surface area is 144 Å². The molecule has 0 saturated heterocycles. The van der Waals surface area contributed by atoms with E-state index in [-0.39, 0.29) is 12.0 Å². The molecular formula is C21H25NO2. The van der Waals surface area contributed by atoms with Gasteiger partial charge >= 0.3 is 0 Å². The maximum absolute atomic E-state index is 12.6. The third kappa shape index (κ3) is 6.01. The second-order valence-electron chi connectivity index (χ2n) is 5.86. The van der Waals surface area contributed by atoms with Crippen LogP contribution in [0.15, 0.2) is 60.7 Å². The fourth-order valence-corrected chi connectivity index (χ4v) is 2.30. The van der Waals surface area contributed by atoms with Gasteiger partial charge in [-0.25, -0.2) is 0 Å². The van der Waals surface area contributed by atoms with Crippen molar-refractivity contribution in [1.29, 1.82) is 0 Å². The summed E-state index contributed by atoms with van der Waals surface area (Å²) in [5.41, 5.74) is 2.60. The summed E-state index contributed by atoms with van der Waals surface area (Å²) in [5, 5.41) is 2.99. The van der Waals surface area contributed by atoms with Crippen LogP contribution in [0.5, 0.6) is 0 Å². The molecule has 3 nitrogen and oxygen atoms in total. The molecule has 0 atom stereocenters. The molecule has 0 aliphatic heterocycles. The van der Waals surface area contributed by atoms with Gasteiger partial charge in [0, 0.05) is 18.7 Å². The molecule has 0 unspecified atom stereocenters. The van der Waals surface area contributed by atoms with Gasteiger partial charge in [-0.1, -0.05) is 60.7 Å². The van der Waals surface area contributed by atoms with Gasteiger partial charge in [-0.3, -0.25) is 4.79 Å². The lowest BCUT2D eigenvalue weighted by Gasteiger charge is -2.11. The zero-order chi connectivity index (χ0) is 17.2. The summed E-state index contributed by atoms with van der Waals surface area (Å²) in [6.07, 6.45) is 2.95. The third-order valence-electron chi connectivity index (χ3n) is 3.50. The number of carbonyl (C=O) groups is 1. The summed E-state index contributed by atoms with van der Waals surface area (Å²) in [6, 6.07) is 19.6. The van der Waals surface area contributed by atoms with Gasteiger partial charge in [0.1, 0.15) is 0 Å². The smallest absolute Gasteiger partial charge is 0.251 e. The van der Waals surface area contributed by atoms with Crippen LogP contribution >= 0.6 is 0 Å². The van der Waals surface area contributed by atoms with Crippen LogP contribution in [0.3, 0.4) is 0 Å². The molecule has 0 aliphatic rings. The zero-order valence-electron chi connectivity index (χ0n) is 14.4. The van der Waals surface area contributed by atoms with E-state index >= 15 is 0 Å². The lowest BCUT2D eigenvalue weighted by molar-refractivity contribution is -0.115. The van der Waals surface area contributed by atoms with E-state index in [0.717, 1.165) is 17.5 Å². The van der Waals surface area contributed by atoms with Gasteiger partial charge in [-0.05, 0) is 37.5 Å². The fourth-order valence-electron chi connectivity index (χ4n) is 2.30. The number of rotatable bonds is 8. The SMILES string of the molecule is CC(C)OCCCNC(=O)/C(=C/c1ccccc1)c1ccccc1. The molecular weight excluding hydrogens is 298 g/mol. The number of amides is 1. The Morgan fingerprint density at radius 3 is 2.29 bits per heavy atom. The minimum absolute atomic E-state index is 0.0606. The Balaban J connectivity index is 2.06. The Hall–Kier alpha value is -2.39. The van der Waals surface area contributed by atoms with Crippen LogP contribution in [0.1, 0.15) is 31.4 Å². The molecule has 0 aromatic heterocycles. The predicted octanol–water partition coefficient (Wildman–Crippen LogP) is 4.16. The number of hydrogen-bond acceptors (Lipinski definition) is 2. The van der Waals surface area contributed by atoms with Crippen molar-refractivity contribution in [2.45, 2.75) is 26.4 Å². The van der Waals surface area contributed by atoms with Crippen molar-refractivity contribution in [1.82, 2.24) is 5.32 Å². The summed E-state index contributed by atoms with van der Waals surface area (Å²) in [5.74, 6) is -0.0606. The average Bonchev–Trinajstić information content (AvgIpc) is 2.60. The molecule has 24 heavy (non-hydrogen) atoms. The molecule has 0 radical (unpaired) electrons. The van der Waals surface area contributed by atoms with E-state index < -0.39 is 0 Å². The Bertz CT molecular complexity index is 648. The summed E-state index contributed by atoms with van der Waals surface area (Å²) in [4.78, 5) is 12.6. The average molecular weight is 323 g/mol. The van der Waals surface area contributed by atoms with Crippen molar-refractivity contribution < 1.29 is 9.53 Å². The lowest BCUT2D eigenvalue weighted by atomic mass is 10.0. The largest absolute Gasteiger partial charge is 0.379 e. The molecule has 0 heterocycles. The molecule has 126 valence electrons. The van der Waals surface area contributed by atoms with E-state index in [2.05, 4.69) is 5.32 Å². The Morgan fingerprint density at radius 2 is 1.67 bits per heavy atom. The Morgan fingerprint density at radius 1 is 1.04 bits per heavy atom. The third-order valence-corrected chi connectivity index (χ3v) is 3.50. The van der Waals surface area contributed by atoms with Crippen molar-refractivity contribution in [2.75, 3.05) is 13.2 Å². The van der Waals surface area contributed by atoms with E-state index in [1.807, 2.05) is 80.6 Å². The van der Waals surface area contributed by atoms with E-state index in [1.54, 1.807) is 0 Å². The predicted molar refractivity (Wildman–Crippen MR) is 99.5 cm³/mol. The highest BCUT2D eigenvalue weighted by Crippen LogP contribution is 2.18. The molecule has 0 saturated carbocycles. The molecule has 0 spiro atoms. The van der Waals surface area contributed by atoms with E-state index in [4.69, 9.17) is 4.74 Å². The van der Waals surface area contributed by atoms with Crippen molar-refractivity contribution in [3.63, 3.8) is 0 Å². The van der Waals surface area contributed by atoms with Gasteiger partial charge < -0.3 is 10.1 Å². The second-order valence-corrected chi connectivity index (χ2v) is 5.86. The molecule has 0 fully saturated rings. The standard InChI is InChI=1S/C21H25NO2/c1-17(2)24-15-9-14-22-21(23)20(19-12-7-4-8-13-19)16-18-10-5-3-6-11-18/h3-8,10-13,16-17H,9,14-15H2,1-2H3,(H,22,23)/b20-16+. The van der Waals surface area contributed by atoms with Gasteiger partial charge in [0.15, 0.2) is 0 Å². The summed E-state index contributed by atoms with van der Waals surface area (Å²) in [7, 11) is 0. The molecule has 0 bridgehead atoms. The van der Waals surface area contributed by atoms with Crippen molar-refractivity contribution in [3.05, 3.63) is 71.8 Å². The highest BCUT2D eigenvalue weighted by atomic mass is 16.5. The molecule has 2 aromatic rings. The highest BCUT2D eigenvalue weighted by Gasteiger charge is 2.11. The van der Waals surface area contributed by atoms with Crippen LogP contribution in [0.2, 0.25) is 0 Å². The highest BCUT2D eigenvalue weighted by molar-refractivity contribution is 6.24. The topological polar surface area (TPSA) is 38.3 Å². The second kappa shape index (κ2) is 9.68. The van der Waals surface area contributed by atoms with Gasteiger partial charge in [0.05, 0.1) is 6.10 Å². The summed E-state index contributed by atoms with van der Waals surface area (Å²) >= 11 is 0. The van der Waals surface area contributed by atoms with Crippen LogP contribution < -0.4 is 5.32 Å². The van der Waals surface area contributed by atoms with E-state index in [1.165, 1.54) is 0 Å². The number of nitrogens with one attached hydrogen (secondary N) is 1. The quantitative estimate of drug-likeness (QED) is 0.450. The first-order chi connectivity index (χ1) is 11.7. The molecule has 1 amide bonds. The number of carbonyl (C=O) groups excluding carboxylic acids is 1. The van der Waals surface area contributed by atoms with Gasteiger partial charge in [0.25, 0.3) is 5.91 Å². The molecule has 2 aromatic carbocycles. The summed E-state index contributed by atoms with van der Waals surface area (Å²) < 4.78 is 5.50.